The Kier molecular flexibility index (Phi) is 5.82. The van der Waals surface area contributed by atoms with E-state index in [-0.39, 0.29) is 0 Å². The van der Waals surface area contributed by atoms with Crippen molar-refractivity contribution < 1.29 is 0 Å². The van der Waals surface area contributed by atoms with Gasteiger partial charge in [0.15, 0.2) is 0 Å². The van der Waals surface area contributed by atoms with E-state index >= 15 is 0 Å². The van der Waals surface area contributed by atoms with Crippen molar-refractivity contribution in [3.05, 3.63) is 185 Å². The molecule has 0 saturated heterocycles. The van der Waals surface area contributed by atoms with Crippen molar-refractivity contribution in [3.8, 4) is 33.4 Å². The van der Waals surface area contributed by atoms with Crippen LogP contribution >= 0.6 is 0 Å². The van der Waals surface area contributed by atoms with Crippen molar-refractivity contribution in [2.45, 2.75) is 0 Å². The van der Waals surface area contributed by atoms with Crippen LogP contribution in [0.3, 0.4) is 0 Å². The van der Waals surface area contributed by atoms with Crippen molar-refractivity contribution >= 4 is 28.4 Å². The molecule has 7 aromatic carbocycles. The second-order valence-corrected chi connectivity index (χ2v) is 11.4. The summed E-state index contributed by atoms with van der Waals surface area (Å²) in [5.41, 5.74) is 12.1. The highest BCUT2D eigenvalue weighted by Crippen LogP contribution is 2.52. The van der Waals surface area contributed by atoms with Gasteiger partial charge in [-0.1, -0.05) is 109 Å². The zero-order valence-electron chi connectivity index (χ0n) is 24.4. The summed E-state index contributed by atoms with van der Waals surface area (Å²) in [6.07, 6.45) is 0. The Morgan fingerprint density at radius 2 is 1.02 bits per heavy atom. The van der Waals surface area contributed by atoms with Crippen LogP contribution in [0.2, 0.25) is 0 Å². The number of benzene rings is 7. The van der Waals surface area contributed by atoms with Gasteiger partial charge in [-0.25, -0.2) is 9.98 Å². The lowest BCUT2D eigenvalue weighted by atomic mass is 9.85. The third kappa shape index (κ3) is 4.05. The van der Waals surface area contributed by atoms with E-state index in [9.17, 15) is 0 Å². The Balaban J connectivity index is 1.39. The first-order valence-electron chi connectivity index (χ1n) is 15.3. The maximum Gasteiger partial charge on any atom is 0.0817 e. The van der Waals surface area contributed by atoms with Gasteiger partial charge in [-0.15, -0.1) is 0 Å². The summed E-state index contributed by atoms with van der Waals surface area (Å²) in [5, 5.41) is 4.30. The molecule has 0 amide bonds. The Labute approximate surface area is 261 Å². The van der Waals surface area contributed by atoms with E-state index in [1.54, 1.807) is 0 Å². The summed E-state index contributed by atoms with van der Waals surface area (Å²) in [4.78, 5) is 12.8. The minimum absolute atomic E-state index is 0.965. The molecule has 3 heteroatoms. The monoisotopic (exact) mass is 573 g/mol. The van der Waals surface area contributed by atoms with Crippen LogP contribution in [0, 0.1) is 10.4 Å². The van der Waals surface area contributed by atoms with Crippen molar-refractivity contribution in [2.75, 3.05) is 4.90 Å². The lowest BCUT2D eigenvalue weighted by molar-refractivity contribution is 1.28. The number of fused-ring (bicyclic) bond motifs is 6. The molecule has 45 heavy (non-hydrogen) atoms. The van der Waals surface area contributed by atoms with Crippen molar-refractivity contribution in [1.82, 2.24) is 0 Å². The number of anilines is 3. The van der Waals surface area contributed by atoms with E-state index in [0.29, 0.717) is 0 Å². The first kappa shape index (κ1) is 25.4. The van der Waals surface area contributed by atoms with E-state index in [1.807, 2.05) is 0 Å². The summed E-state index contributed by atoms with van der Waals surface area (Å²) in [6, 6.07) is 57.8. The van der Waals surface area contributed by atoms with Crippen LogP contribution < -0.4 is 15.6 Å². The molecular weight excluding hydrogens is 546 g/mol. The summed E-state index contributed by atoms with van der Waals surface area (Å²) in [6.45, 7) is 0. The van der Waals surface area contributed by atoms with Gasteiger partial charge in [0.2, 0.25) is 0 Å². The van der Waals surface area contributed by atoms with Gasteiger partial charge in [-0.05, 0) is 65.7 Å². The van der Waals surface area contributed by atoms with Gasteiger partial charge in [-0.3, -0.25) is 0 Å². The van der Waals surface area contributed by atoms with Crippen molar-refractivity contribution in [1.29, 1.82) is 0 Å². The van der Waals surface area contributed by atoms with Crippen LogP contribution in [0.1, 0.15) is 0 Å². The molecule has 0 aliphatic carbocycles. The highest BCUT2D eigenvalue weighted by Gasteiger charge is 2.28. The topological polar surface area (TPSA) is 28.0 Å². The number of hydrogen-bond acceptors (Lipinski definition) is 3. The molecule has 0 N–H and O–H groups in total. The van der Waals surface area contributed by atoms with Crippen LogP contribution in [-0.4, -0.2) is 0 Å². The van der Waals surface area contributed by atoms with Crippen molar-refractivity contribution in [3.63, 3.8) is 0 Å². The lowest BCUT2D eigenvalue weighted by Crippen LogP contribution is -2.11. The zero-order chi connectivity index (χ0) is 29.7. The van der Waals surface area contributed by atoms with E-state index < -0.39 is 0 Å². The second kappa shape index (κ2) is 10.3. The molecule has 2 heterocycles. The van der Waals surface area contributed by atoms with E-state index in [2.05, 4.69) is 169 Å². The number of para-hydroxylation sites is 4. The average molecular weight is 574 g/mol. The standard InChI is InChI=1S/C42H27N3/c1-4-14-28(15-5-1)31-24-26-36-40(41-37(43-36)27-25-33-32-20-10-12-22-35(32)44-42(33)41)39(31)34-21-11-13-23-38(34)45(29-16-6-2-7-17-29)30-18-8-3-9-19-30/h1-27H. The van der Waals surface area contributed by atoms with Crippen LogP contribution in [-0.2, 0) is 0 Å². The molecule has 0 fully saturated rings. The number of nitrogens with zero attached hydrogens (tertiary/aromatic N) is 3. The van der Waals surface area contributed by atoms with Crippen LogP contribution in [0.15, 0.2) is 174 Å². The zero-order valence-corrected chi connectivity index (χ0v) is 24.4. The molecule has 0 bridgehead atoms. The molecule has 3 nitrogen and oxygen atoms in total. The Morgan fingerprint density at radius 1 is 0.378 bits per heavy atom. The molecule has 0 radical (unpaired) electrons. The molecule has 2 aliphatic heterocycles. The highest BCUT2D eigenvalue weighted by molar-refractivity contribution is 6.06. The van der Waals surface area contributed by atoms with Gasteiger partial charge < -0.3 is 4.90 Å². The Bertz CT molecular complexity index is 2430. The SMILES string of the molecule is c1ccc(-c2ccc3c(c2-c2ccccc2N(c2ccccc2)c2ccccc2)-c2c4c(ccc2=N3)=c2ccccc2=N4)cc1. The van der Waals surface area contributed by atoms with Gasteiger partial charge in [0.1, 0.15) is 0 Å². The first-order valence-corrected chi connectivity index (χ1v) is 15.3. The lowest BCUT2D eigenvalue weighted by Gasteiger charge is -2.29. The summed E-state index contributed by atoms with van der Waals surface area (Å²) >= 11 is 0. The minimum Gasteiger partial charge on any atom is -0.310 e. The smallest absolute Gasteiger partial charge is 0.0817 e. The van der Waals surface area contributed by atoms with Gasteiger partial charge in [0, 0.05) is 44.1 Å². The molecule has 2 aliphatic rings. The fraction of sp³-hybridized carbons (Fsp3) is 0. The third-order valence-electron chi connectivity index (χ3n) is 8.78. The number of hydrogen-bond donors (Lipinski definition) is 0. The highest BCUT2D eigenvalue weighted by atomic mass is 15.1. The minimum atomic E-state index is 0.965. The molecule has 210 valence electrons. The van der Waals surface area contributed by atoms with E-state index in [0.717, 1.165) is 72.2 Å². The molecule has 0 atom stereocenters. The summed E-state index contributed by atoms with van der Waals surface area (Å²) in [5.74, 6) is 0. The van der Waals surface area contributed by atoms with Gasteiger partial charge >= 0.3 is 0 Å². The average Bonchev–Trinajstić information content (AvgIpc) is 3.68. The van der Waals surface area contributed by atoms with Gasteiger partial charge in [-0.2, -0.15) is 0 Å². The second-order valence-electron chi connectivity index (χ2n) is 11.4. The summed E-state index contributed by atoms with van der Waals surface area (Å²) < 4.78 is 0. The fourth-order valence-electron chi connectivity index (χ4n) is 6.84. The molecule has 0 spiro atoms. The van der Waals surface area contributed by atoms with E-state index in [4.69, 9.17) is 9.98 Å². The fourth-order valence-corrected chi connectivity index (χ4v) is 6.84. The van der Waals surface area contributed by atoms with Crippen LogP contribution in [0.4, 0.5) is 28.4 Å². The largest absolute Gasteiger partial charge is 0.310 e. The number of rotatable bonds is 5. The normalized spacial score (nSPS) is 11.9. The molecule has 0 unspecified atom stereocenters. The summed E-state index contributed by atoms with van der Waals surface area (Å²) in [7, 11) is 0. The van der Waals surface area contributed by atoms with Crippen LogP contribution in [0.5, 0.6) is 0 Å². The molecule has 9 rings (SSSR count). The quantitative estimate of drug-likeness (QED) is 0.201. The Morgan fingerprint density at radius 3 is 1.78 bits per heavy atom. The van der Waals surface area contributed by atoms with Gasteiger partial charge in [0.25, 0.3) is 0 Å². The maximum atomic E-state index is 5.21. The van der Waals surface area contributed by atoms with Crippen LogP contribution in [0.25, 0.3) is 33.4 Å². The molecule has 7 aromatic rings. The first-order chi connectivity index (χ1) is 22.3. The maximum absolute atomic E-state index is 5.21. The molecular formula is C42H27N3. The van der Waals surface area contributed by atoms with Crippen molar-refractivity contribution in [2.24, 2.45) is 9.98 Å². The van der Waals surface area contributed by atoms with E-state index in [1.165, 1.54) is 10.8 Å². The predicted molar refractivity (Wildman–Crippen MR) is 183 cm³/mol. The molecule has 0 saturated carbocycles. The van der Waals surface area contributed by atoms with Gasteiger partial charge in [0.05, 0.1) is 27.8 Å². The Hall–Kier alpha value is -6.06. The predicted octanol–water partition coefficient (Wildman–Crippen LogP) is 9.97. The molecule has 0 aromatic heterocycles. The third-order valence-corrected chi connectivity index (χ3v) is 8.78.